The number of hydrogen-bond acceptors (Lipinski definition) is 2. The minimum atomic E-state index is -0.908. The van der Waals surface area contributed by atoms with Crippen LogP contribution in [0.1, 0.15) is 5.56 Å². The highest BCUT2D eigenvalue weighted by molar-refractivity contribution is 6.32. The number of aliphatic hydroxyl groups is 2. The maximum Gasteiger partial charge on any atom is 0.109 e. The monoisotopic (exact) mass is 222 g/mol. The Balaban J connectivity index is 2.43. The third-order valence-electron chi connectivity index (χ3n) is 2.41. The van der Waals surface area contributed by atoms with Gasteiger partial charge in [0.1, 0.15) is 12.2 Å². The number of hydrogen-bond donors (Lipinski definition) is 2. The second kappa shape index (κ2) is 4.19. The second-order valence-electron chi connectivity index (χ2n) is 3.42. The van der Waals surface area contributed by atoms with E-state index in [0.717, 1.165) is 5.56 Å². The molecular formula is C12H11ClO2. The van der Waals surface area contributed by atoms with Crippen LogP contribution in [-0.4, -0.2) is 22.4 Å². The molecule has 78 valence electrons. The van der Waals surface area contributed by atoms with Crippen LogP contribution in [0.2, 0.25) is 5.02 Å². The van der Waals surface area contributed by atoms with Crippen molar-refractivity contribution >= 4 is 17.2 Å². The molecule has 15 heavy (non-hydrogen) atoms. The lowest BCUT2D eigenvalue weighted by molar-refractivity contribution is 0.0859. The number of halogens is 1. The van der Waals surface area contributed by atoms with Crippen molar-refractivity contribution in [2.75, 3.05) is 0 Å². The molecule has 1 aromatic rings. The van der Waals surface area contributed by atoms with Gasteiger partial charge in [-0.1, -0.05) is 48.0 Å². The van der Waals surface area contributed by atoms with Gasteiger partial charge in [-0.15, -0.1) is 0 Å². The van der Waals surface area contributed by atoms with Crippen LogP contribution in [0.3, 0.4) is 0 Å². The van der Waals surface area contributed by atoms with E-state index < -0.39 is 12.2 Å². The minimum Gasteiger partial charge on any atom is -0.386 e. The van der Waals surface area contributed by atoms with Gasteiger partial charge in [0, 0.05) is 5.02 Å². The minimum absolute atomic E-state index is 0.574. The lowest BCUT2D eigenvalue weighted by atomic mass is 9.93. The van der Waals surface area contributed by atoms with Gasteiger partial charge in [-0.25, -0.2) is 0 Å². The normalized spacial score (nSPS) is 25.1. The van der Waals surface area contributed by atoms with E-state index in [1.54, 1.807) is 24.3 Å². The average Bonchev–Trinajstić information content (AvgIpc) is 2.23. The molecular weight excluding hydrogens is 212 g/mol. The van der Waals surface area contributed by atoms with E-state index in [-0.39, 0.29) is 0 Å². The van der Waals surface area contributed by atoms with E-state index in [0.29, 0.717) is 10.6 Å². The van der Waals surface area contributed by atoms with Gasteiger partial charge in [-0.05, 0) is 17.2 Å². The van der Waals surface area contributed by atoms with Crippen molar-refractivity contribution in [1.82, 2.24) is 0 Å². The molecule has 0 bridgehead atoms. The van der Waals surface area contributed by atoms with Crippen LogP contribution in [0.15, 0.2) is 42.5 Å². The van der Waals surface area contributed by atoms with Crippen LogP contribution in [0.5, 0.6) is 0 Å². The third kappa shape index (κ3) is 1.97. The van der Waals surface area contributed by atoms with Crippen molar-refractivity contribution in [2.45, 2.75) is 12.2 Å². The first kappa shape index (κ1) is 10.4. The van der Waals surface area contributed by atoms with Gasteiger partial charge in [0.25, 0.3) is 0 Å². The summed E-state index contributed by atoms with van der Waals surface area (Å²) in [4.78, 5) is 0. The fraction of sp³-hybridized carbons (Fsp3) is 0.167. The fourth-order valence-electron chi connectivity index (χ4n) is 1.61. The zero-order valence-corrected chi connectivity index (χ0v) is 8.72. The zero-order chi connectivity index (χ0) is 10.8. The molecule has 1 aliphatic carbocycles. The summed E-state index contributed by atoms with van der Waals surface area (Å²) in [5, 5.41) is 19.8. The highest BCUT2D eigenvalue weighted by atomic mass is 35.5. The van der Waals surface area contributed by atoms with Gasteiger partial charge < -0.3 is 10.2 Å². The van der Waals surface area contributed by atoms with Gasteiger partial charge in [0.2, 0.25) is 0 Å². The van der Waals surface area contributed by atoms with Crippen LogP contribution in [0.4, 0.5) is 0 Å². The highest BCUT2D eigenvalue weighted by Gasteiger charge is 2.22. The Bertz CT molecular complexity index is 423. The van der Waals surface area contributed by atoms with Crippen LogP contribution >= 0.6 is 11.6 Å². The van der Waals surface area contributed by atoms with Crippen molar-refractivity contribution in [2.24, 2.45) is 0 Å². The SMILES string of the molecule is OC1C=CC=C(c2ccccc2Cl)C1O. The molecule has 0 saturated heterocycles. The van der Waals surface area contributed by atoms with E-state index in [9.17, 15) is 10.2 Å². The highest BCUT2D eigenvalue weighted by Crippen LogP contribution is 2.29. The van der Waals surface area contributed by atoms with E-state index >= 15 is 0 Å². The number of rotatable bonds is 1. The summed E-state index contributed by atoms with van der Waals surface area (Å²) in [6.07, 6.45) is 3.26. The molecule has 1 aliphatic rings. The lowest BCUT2D eigenvalue weighted by Crippen LogP contribution is -2.27. The molecule has 3 heteroatoms. The molecule has 1 aromatic carbocycles. The summed E-state index contributed by atoms with van der Waals surface area (Å²) in [5.41, 5.74) is 1.41. The predicted molar refractivity (Wildman–Crippen MR) is 60.6 cm³/mol. The molecule has 2 N–H and O–H groups in total. The summed E-state index contributed by atoms with van der Waals surface area (Å²) in [5.74, 6) is 0. The van der Waals surface area contributed by atoms with E-state index in [4.69, 9.17) is 11.6 Å². The molecule has 2 nitrogen and oxygen atoms in total. The maximum absolute atomic E-state index is 9.79. The topological polar surface area (TPSA) is 40.5 Å². The average molecular weight is 223 g/mol. The predicted octanol–water partition coefficient (Wildman–Crippen LogP) is 2.02. The molecule has 0 amide bonds. The van der Waals surface area contributed by atoms with Crippen LogP contribution < -0.4 is 0 Å². The van der Waals surface area contributed by atoms with E-state index in [1.165, 1.54) is 0 Å². The molecule has 2 atom stereocenters. The molecule has 2 rings (SSSR count). The van der Waals surface area contributed by atoms with E-state index in [2.05, 4.69) is 0 Å². The third-order valence-corrected chi connectivity index (χ3v) is 2.74. The Kier molecular flexibility index (Phi) is 2.91. The van der Waals surface area contributed by atoms with Gasteiger partial charge >= 0.3 is 0 Å². The van der Waals surface area contributed by atoms with Crippen molar-refractivity contribution in [1.29, 1.82) is 0 Å². The molecule has 0 heterocycles. The molecule has 0 radical (unpaired) electrons. The van der Waals surface area contributed by atoms with Crippen molar-refractivity contribution in [3.05, 3.63) is 53.1 Å². The van der Waals surface area contributed by atoms with Crippen molar-refractivity contribution < 1.29 is 10.2 Å². The molecule has 0 saturated carbocycles. The molecule has 0 aliphatic heterocycles. The largest absolute Gasteiger partial charge is 0.386 e. The first-order valence-electron chi connectivity index (χ1n) is 4.69. The Labute approximate surface area is 93.1 Å². The summed E-state index contributed by atoms with van der Waals surface area (Å²) < 4.78 is 0. The smallest absolute Gasteiger partial charge is 0.109 e. The summed E-state index contributed by atoms with van der Waals surface area (Å²) in [6, 6.07) is 7.26. The maximum atomic E-state index is 9.79. The molecule has 2 unspecified atom stereocenters. The molecule has 0 aromatic heterocycles. The Hall–Kier alpha value is -1.09. The number of benzene rings is 1. The first-order valence-corrected chi connectivity index (χ1v) is 5.07. The quantitative estimate of drug-likeness (QED) is 0.763. The van der Waals surface area contributed by atoms with Gasteiger partial charge in [-0.3, -0.25) is 0 Å². The lowest BCUT2D eigenvalue weighted by Gasteiger charge is -2.22. The van der Waals surface area contributed by atoms with Crippen LogP contribution in [0.25, 0.3) is 5.57 Å². The Morgan fingerprint density at radius 3 is 2.60 bits per heavy atom. The number of aliphatic hydroxyl groups excluding tert-OH is 2. The first-order chi connectivity index (χ1) is 7.20. The second-order valence-corrected chi connectivity index (χ2v) is 3.83. The molecule has 0 fully saturated rings. The standard InChI is InChI=1S/C12H11ClO2/c13-10-6-2-1-4-8(10)9-5-3-7-11(14)12(9)15/h1-7,11-12,14-15H. The zero-order valence-electron chi connectivity index (χ0n) is 7.97. The van der Waals surface area contributed by atoms with Gasteiger partial charge in [0.15, 0.2) is 0 Å². The Morgan fingerprint density at radius 1 is 1.13 bits per heavy atom. The summed E-state index contributed by atoms with van der Waals surface area (Å²) in [7, 11) is 0. The van der Waals surface area contributed by atoms with Gasteiger partial charge in [0.05, 0.1) is 0 Å². The number of allylic oxidation sites excluding steroid dienone is 2. The summed E-state index contributed by atoms with van der Waals surface area (Å²) in [6.45, 7) is 0. The van der Waals surface area contributed by atoms with Crippen molar-refractivity contribution in [3.63, 3.8) is 0 Å². The van der Waals surface area contributed by atoms with E-state index in [1.807, 2.05) is 18.2 Å². The summed E-state index contributed by atoms with van der Waals surface area (Å²) >= 11 is 6.01. The fourth-order valence-corrected chi connectivity index (χ4v) is 1.85. The Morgan fingerprint density at radius 2 is 1.87 bits per heavy atom. The van der Waals surface area contributed by atoms with Crippen LogP contribution in [0, 0.1) is 0 Å². The molecule has 0 spiro atoms. The van der Waals surface area contributed by atoms with Gasteiger partial charge in [-0.2, -0.15) is 0 Å². The van der Waals surface area contributed by atoms with Crippen LogP contribution in [-0.2, 0) is 0 Å². The van der Waals surface area contributed by atoms with Crippen molar-refractivity contribution in [3.8, 4) is 0 Å².